The molecule has 0 spiro atoms. The van der Waals surface area contributed by atoms with Crippen LogP contribution in [0.25, 0.3) is 11.1 Å². The Hall–Kier alpha value is -3.80. The van der Waals surface area contributed by atoms with Crippen molar-refractivity contribution in [3.8, 4) is 0 Å². The average Bonchev–Trinajstić information content (AvgIpc) is 3.26. The predicted octanol–water partition coefficient (Wildman–Crippen LogP) is 1.88. The van der Waals surface area contributed by atoms with Crippen LogP contribution >= 0.6 is 0 Å². The smallest absolute Gasteiger partial charge is 0.274 e. The minimum absolute atomic E-state index is 0.0514. The lowest BCUT2D eigenvalue weighted by Gasteiger charge is -2.20. The Morgan fingerprint density at radius 2 is 2.05 bits per heavy atom. The number of para-hydroxylation sites is 1. The van der Waals surface area contributed by atoms with Gasteiger partial charge >= 0.3 is 0 Å². The zero-order chi connectivity index (χ0) is 26.9. The molecule has 0 saturated carbocycles. The van der Waals surface area contributed by atoms with Gasteiger partial charge in [0.15, 0.2) is 5.58 Å². The number of methoxy groups -OCH3 is 1. The molecule has 198 valence electrons. The fourth-order valence-corrected chi connectivity index (χ4v) is 3.84. The van der Waals surface area contributed by atoms with E-state index in [1.54, 1.807) is 12.3 Å². The summed E-state index contributed by atoms with van der Waals surface area (Å²) in [4.78, 5) is 41.5. The highest BCUT2D eigenvalue weighted by atomic mass is 16.6. The Morgan fingerprint density at radius 3 is 2.76 bits per heavy atom. The zero-order valence-corrected chi connectivity index (χ0v) is 21.1. The van der Waals surface area contributed by atoms with Crippen LogP contribution in [0.3, 0.4) is 0 Å². The van der Waals surface area contributed by atoms with Gasteiger partial charge in [-0.2, -0.15) is 0 Å². The summed E-state index contributed by atoms with van der Waals surface area (Å²) in [6.07, 6.45) is 4.28. The maximum Gasteiger partial charge on any atom is 0.274 e. The Balaban J connectivity index is 1.77. The first-order chi connectivity index (χ1) is 17.7. The first-order valence-corrected chi connectivity index (χ1v) is 12.0. The second-order valence-corrected chi connectivity index (χ2v) is 9.00. The molecule has 37 heavy (non-hydrogen) atoms. The van der Waals surface area contributed by atoms with Crippen molar-refractivity contribution in [1.82, 2.24) is 14.9 Å². The van der Waals surface area contributed by atoms with E-state index in [0.29, 0.717) is 23.8 Å². The summed E-state index contributed by atoms with van der Waals surface area (Å²) in [5, 5.41) is 15.0. The van der Waals surface area contributed by atoms with Gasteiger partial charge in [-0.25, -0.2) is 4.98 Å². The predicted molar refractivity (Wildman–Crippen MR) is 138 cm³/mol. The van der Waals surface area contributed by atoms with Crippen LogP contribution in [0, 0.1) is 5.92 Å². The third-order valence-corrected chi connectivity index (χ3v) is 5.55. The van der Waals surface area contributed by atoms with E-state index in [-0.39, 0.29) is 18.7 Å². The van der Waals surface area contributed by atoms with Gasteiger partial charge in [0.2, 0.25) is 24.1 Å². The maximum absolute atomic E-state index is 13.1. The van der Waals surface area contributed by atoms with E-state index >= 15 is 0 Å². The summed E-state index contributed by atoms with van der Waals surface area (Å²) >= 11 is 0. The Bertz CT molecular complexity index is 1310. The molecule has 0 aliphatic heterocycles. The lowest BCUT2D eigenvalue weighted by Crippen LogP contribution is -2.47. The van der Waals surface area contributed by atoms with E-state index in [0.717, 1.165) is 17.5 Å². The lowest BCUT2D eigenvalue weighted by atomic mass is 10.0. The molecule has 11 nitrogen and oxygen atoms in total. The average molecular weight is 512 g/mol. The molecule has 0 aliphatic rings. The lowest BCUT2D eigenvalue weighted by molar-refractivity contribution is -0.129. The van der Waals surface area contributed by atoms with Gasteiger partial charge in [0.25, 0.3) is 5.56 Å². The molecule has 0 radical (unpaired) electrons. The highest BCUT2D eigenvalue weighted by molar-refractivity contribution is 5.94. The van der Waals surface area contributed by atoms with Crippen molar-refractivity contribution in [3.63, 3.8) is 0 Å². The molecule has 0 bridgehead atoms. The number of pyridine rings is 1. The highest BCUT2D eigenvalue weighted by Crippen LogP contribution is 2.22. The Morgan fingerprint density at radius 1 is 1.27 bits per heavy atom. The second kappa shape index (κ2) is 12.9. The summed E-state index contributed by atoms with van der Waals surface area (Å²) in [6.45, 7) is 4.35. The number of aliphatic hydroxyl groups excluding tert-OH is 1. The van der Waals surface area contributed by atoms with Crippen LogP contribution in [0.2, 0.25) is 0 Å². The molecule has 3 aromatic rings. The second-order valence-electron chi connectivity index (χ2n) is 9.00. The number of carbonyl (C=O) groups excluding carboxylic acids is 2. The van der Waals surface area contributed by atoms with Crippen LogP contribution in [0.1, 0.15) is 38.1 Å². The summed E-state index contributed by atoms with van der Waals surface area (Å²) in [5.41, 5.74) is 7.20. The van der Waals surface area contributed by atoms with Crippen LogP contribution in [0.5, 0.6) is 0 Å². The fourth-order valence-electron chi connectivity index (χ4n) is 3.84. The zero-order valence-electron chi connectivity index (χ0n) is 21.1. The normalized spacial score (nSPS) is 13.3. The van der Waals surface area contributed by atoms with E-state index in [1.165, 1.54) is 29.9 Å². The van der Waals surface area contributed by atoms with Crippen molar-refractivity contribution < 1.29 is 23.8 Å². The minimum atomic E-state index is -1.40. The van der Waals surface area contributed by atoms with Gasteiger partial charge in [-0.05, 0) is 55.0 Å². The molecule has 11 heteroatoms. The molecule has 0 aliphatic carbocycles. The number of rotatable bonds is 13. The van der Waals surface area contributed by atoms with Gasteiger partial charge in [-0.15, -0.1) is 0 Å². The molecule has 0 saturated heterocycles. The number of nitrogens with two attached hydrogens (primary N) is 1. The Labute approximate surface area is 214 Å². The largest absolute Gasteiger partial charge is 0.439 e. The van der Waals surface area contributed by atoms with Crippen molar-refractivity contribution in [2.24, 2.45) is 11.7 Å². The molecular weight excluding hydrogens is 478 g/mol. The molecule has 1 unspecified atom stereocenters. The molecule has 3 rings (SSSR count). The number of amides is 2. The number of aromatic nitrogens is 2. The van der Waals surface area contributed by atoms with E-state index in [9.17, 15) is 19.5 Å². The van der Waals surface area contributed by atoms with E-state index < -0.39 is 29.8 Å². The van der Waals surface area contributed by atoms with Crippen LogP contribution in [-0.4, -0.2) is 46.0 Å². The van der Waals surface area contributed by atoms with Crippen molar-refractivity contribution in [2.45, 2.75) is 52.1 Å². The molecule has 5 N–H and O–H groups in total. The number of carbonyl (C=O) groups is 2. The van der Waals surface area contributed by atoms with Crippen molar-refractivity contribution in [3.05, 3.63) is 70.5 Å². The number of primary amides is 1. The number of oxazole rings is 1. The van der Waals surface area contributed by atoms with Crippen LogP contribution in [0.15, 0.2) is 57.9 Å². The van der Waals surface area contributed by atoms with Crippen LogP contribution in [0.4, 0.5) is 5.69 Å². The van der Waals surface area contributed by atoms with Crippen molar-refractivity contribution in [2.75, 3.05) is 12.4 Å². The standard InChI is InChI=1S/C26H33N5O6/c1-16(2)14-17-8-6-11-20-23(17)30-22(37-20)15-31-13-7-10-19(25(31)34)28-24(33)18(29-26(35)36-3)9-4-5-12-21(27)32/h5-8,10-13,16,18,26,29,35H,4,9,14-15H2,1-3H3,(H2,27,32)(H,28,33)/b12-5+/t18-,26?/m0/s1. The monoisotopic (exact) mass is 511 g/mol. The van der Waals surface area contributed by atoms with Gasteiger partial charge in [0, 0.05) is 13.3 Å². The number of nitrogens with zero attached hydrogens (tertiary/aromatic N) is 2. The number of benzene rings is 1. The van der Waals surface area contributed by atoms with E-state index in [4.69, 9.17) is 14.9 Å². The summed E-state index contributed by atoms with van der Waals surface area (Å²) in [6, 6.07) is 7.98. The van der Waals surface area contributed by atoms with Crippen LogP contribution in [-0.2, 0) is 27.3 Å². The fraction of sp³-hybridized carbons (Fsp3) is 0.385. The molecule has 1 aromatic carbocycles. The first kappa shape index (κ1) is 27.8. The highest BCUT2D eigenvalue weighted by Gasteiger charge is 2.22. The molecule has 0 fully saturated rings. The number of hydrogen-bond donors (Lipinski definition) is 4. The van der Waals surface area contributed by atoms with E-state index in [1.807, 2.05) is 18.2 Å². The molecule has 2 atom stereocenters. The maximum atomic E-state index is 13.1. The first-order valence-electron chi connectivity index (χ1n) is 12.0. The molecule has 2 amide bonds. The van der Waals surface area contributed by atoms with Crippen molar-refractivity contribution in [1.29, 1.82) is 0 Å². The van der Waals surface area contributed by atoms with Gasteiger partial charge in [-0.3, -0.25) is 19.7 Å². The number of fused-ring (bicyclic) bond motifs is 1. The number of allylic oxidation sites excluding steroid dienone is 1. The summed E-state index contributed by atoms with van der Waals surface area (Å²) in [7, 11) is 1.27. The minimum Gasteiger partial charge on any atom is -0.439 e. The number of hydrogen-bond acceptors (Lipinski definition) is 8. The van der Waals surface area contributed by atoms with Gasteiger partial charge in [0.05, 0.1) is 6.04 Å². The SMILES string of the molecule is COC(O)N[C@@H](CC/C=C/C(N)=O)C(=O)Nc1cccn(Cc2nc3c(CC(C)C)cccc3o2)c1=O. The molecule has 2 aromatic heterocycles. The third-order valence-electron chi connectivity index (χ3n) is 5.55. The van der Waals surface area contributed by atoms with Gasteiger partial charge < -0.3 is 29.9 Å². The number of nitrogens with one attached hydrogen (secondary N) is 2. The topological polar surface area (TPSA) is 162 Å². The number of ether oxygens (including phenoxy) is 1. The molecule has 2 heterocycles. The summed E-state index contributed by atoms with van der Waals surface area (Å²) < 4.78 is 12.1. The van der Waals surface area contributed by atoms with Gasteiger partial charge in [0.1, 0.15) is 17.7 Å². The van der Waals surface area contributed by atoms with Crippen LogP contribution < -0.4 is 21.9 Å². The Kier molecular flexibility index (Phi) is 9.72. The third kappa shape index (κ3) is 7.84. The van der Waals surface area contributed by atoms with Gasteiger partial charge in [-0.1, -0.05) is 32.1 Å². The number of aliphatic hydroxyl groups is 1. The number of anilines is 1. The quantitative estimate of drug-likeness (QED) is 0.200. The summed E-state index contributed by atoms with van der Waals surface area (Å²) in [5.74, 6) is -0.332. The molecular formula is C26H33N5O6. The van der Waals surface area contributed by atoms with Crippen molar-refractivity contribution >= 4 is 28.6 Å². The van der Waals surface area contributed by atoms with E-state index in [2.05, 4.69) is 29.5 Å².